The van der Waals surface area contributed by atoms with Gasteiger partial charge in [-0.15, -0.1) is 23.1 Å². The summed E-state index contributed by atoms with van der Waals surface area (Å²) in [6, 6.07) is -1.70. The van der Waals surface area contributed by atoms with Crippen molar-refractivity contribution in [2.75, 3.05) is 5.75 Å². The minimum atomic E-state index is -1.15. The van der Waals surface area contributed by atoms with E-state index in [2.05, 4.69) is 10.3 Å². The number of aliphatic carboxylic acids is 1. The van der Waals surface area contributed by atoms with Gasteiger partial charge in [-0.1, -0.05) is 0 Å². The second kappa shape index (κ2) is 5.71. The second-order valence-corrected chi connectivity index (χ2v) is 6.74. The summed E-state index contributed by atoms with van der Waals surface area (Å²) in [6.45, 7) is 0. The Balaban J connectivity index is 1.68. The molecule has 0 spiro atoms. The lowest BCUT2D eigenvalue weighted by molar-refractivity contribution is -0.150. The molecule has 1 saturated heterocycles. The van der Waals surface area contributed by atoms with Gasteiger partial charge in [-0.25, -0.2) is 9.78 Å². The van der Waals surface area contributed by atoms with Gasteiger partial charge in [0, 0.05) is 17.3 Å². The van der Waals surface area contributed by atoms with Gasteiger partial charge in [0.2, 0.25) is 5.91 Å². The first kappa shape index (κ1) is 15.0. The first-order chi connectivity index (χ1) is 10.5. The van der Waals surface area contributed by atoms with Gasteiger partial charge in [-0.05, 0) is 6.08 Å². The van der Waals surface area contributed by atoms with Crippen LogP contribution in [0.1, 0.15) is 11.0 Å². The first-order valence-electron chi connectivity index (χ1n) is 6.34. The molecule has 1 aromatic heterocycles. The number of thiazole rings is 1. The summed E-state index contributed by atoms with van der Waals surface area (Å²) in [5, 5.41) is 13.4. The lowest BCUT2D eigenvalue weighted by atomic mass is 10.0. The third-order valence-electron chi connectivity index (χ3n) is 3.36. The zero-order valence-corrected chi connectivity index (χ0v) is 12.8. The Hall–Kier alpha value is -1.91. The van der Waals surface area contributed by atoms with Gasteiger partial charge in [0.25, 0.3) is 5.91 Å². The molecule has 3 heterocycles. The highest BCUT2D eigenvalue weighted by atomic mass is 32.2. The highest BCUT2D eigenvalue weighted by Gasteiger charge is 2.53. The summed E-state index contributed by atoms with van der Waals surface area (Å²) in [4.78, 5) is 40.5. The maximum absolute atomic E-state index is 12.1. The van der Waals surface area contributed by atoms with Gasteiger partial charge < -0.3 is 16.2 Å². The molecule has 1 fully saturated rings. The van der Waals surface area contributed by atoms with Crippen molar-refractivity contribution >= 4 is 40.9 Å². The van der Waals surface area contributed by atoms with Crippen LogP contribution in [-0.4, -0.2) is 49.9 Å². The van der Waals surface area contributed by atoms with Crippen molar-refractivity contribution in [3.63, 3.8) is 0 Å². The van der Waals surface area contributed by atoms with Crippen molar-refractivity contribution in [2.24, 2.45) is 5.73 Å². The summed E-state index contributed by atoms with van der Waals surface area (Å²) in [7, 11) is 0. The average molecular weight is 340 g/mol. The normalized spacial score (nSPS) is 24.9. The Morgan fingerprint density at radius 3 is 2.95 bits per heavy atom. The molecule has 116 valence electrons. The van der Waals surface area contributed by atoms with Crippen LogP contribution < -0.4 is 11.1 Å². The van der Waals surface area contributed by atoms with E-state index >= 15 is 0 Å². The Morgan fingerprint density at radius 1 is 1.55 bits per heavy atom. The molecule has 2 aliphatic heterocycles. The predicted molar refractivity (Wildman–Crippen MR) is 79.8 cm³/mol. The van der Waals surface area contributed by atoms with Gasteiger partial charge in [0.05, 0.1) is 0 Å². The fourth-order valence-electron chi connectivity index (χ4n) is 2.28. The highest BCUT2D eigenvalue weighted by Crippen LogP contribution is 2.37. The molecule has 2 unspecified atom stereocenters. The first-order valence-corrected chi connectivity index (χ1v) is 8.27. The van der Waals surface area contributed by atoms with Crippen LogP contribution in [0.4, 0.5) is 0 Å². The number of carboxylic acid groups (broad SMARTS) is 1. The van der Waals surface area contributed by atoms with E-state index in [1.165, 1.54) is 34.1 Å². The maximum atomic E-state index is 12.1. The third kappa shape index (κ3) is 2.38. The SMILES string of the molecule is NC(C(=O)NC1C(=O)N2C(C(=O)O)=CCS[C@@H]12)c1nccs1. The van der Waals surface area contributed by atoms with Crippen LogP contribution in [0.2, 0.25) is 0 Å². The molecule has 2 aliphatic rings. The van der Waals surface area contributed by atoms with Crippen LogP contribution in [0.3, 0.4) is 0 Å². The third-order valence-corrected chi connectivity index (χ3v) is 5.41. The van der Waals surface area contributed by atoms with Gasteiger partial charge in [0.15, 0.2) is 0 Å². The fraction of sp³-hybridized carbons (Fsp3) is 0.333. The van der Waals surface area contributed by atoms with E-state index in [0.29, 0.717) is 10.8 Å². The molecule has 10 heteroatoms. The Bertz CT molecular complexity index is 660. The van der Waals surface area contributed by atoms with Crippen molar-refractivity contribution in [3.05, 3.63) is 28.4 Å². The maximum Gasteiger partial charge on any atom is 0.352 e. The second-order valence-electron chi connectivity index (χ2n) is 4.66. The summed E-state index contributed by atoms with van der Waals surface area (Å²) >= 11 is 2.65. The summed E-state index contributed by atoms with van der Waals surface area (Å²) in [5.41, 5.74) is 5.76. The number of nitrogens with zero attached hydrogens (tertiary/aromatic N) is 2. The molecule has 1 aromatic rings. The van der Waals surface area contributed by atoms with Gasteiger partial charge in [-0.3, -0.25) is 14.5 Å². The quantitative estimate of drug-likeness (QED) is 0.632. The number of rotatable bonds is 4. The number of carbonyl (C=O) groups excluding carboxylic acids is 2. The number of nitrogens with one attached hydrogen (secondary N) is 1. The number of hydrogen-bond acceptors (Lipinski definition) is 7. The number of carboxylic acids is 1. The van der Waals surface area contributed by atoms with E-state index in [0.717, 1.165) is 0 Å². The van der Waals surface area contributed by atoms with Crippen molar-refractivity contribution in [1.29, 1.82) is 0 Å². The van der Waals surface area contributed by atoms with Gasteiger partial charge in [-0.2, -0.15) is 0 Å². The number of fused-ring (bicyclic) bond motifs is 1. The van der Waals surface area contributed by atoms with E-state index in [1.54, 1.807) is 11.6 Å². The molecule has 3 atom stereocenters. The smallest absolute Gasteiger partial charge is 0.352 e. The molecular formula is C12H12N4O4S2. The predicted octanol–water partition coefficient (Wildman–Crippen LogP) is -0.489. The lowest BCUT2D eigenvalue weighted by Gasteiger charge is -2.48. The molecule has 22 heavy (non-hydrogen) atoms. The summed E-state index contributed by atoms with van der Waals surface area (Å²) < 4.78 is 0. The number of amides is 2. The minimum Gasteiger partial charge on any atom is -0.477 e. The molecule has 2 amide bonds. The zero-order valence-electron chi connectivity index (χ0n) is 11.1. The molecule has 3 rings (SSSR count). The van der Waals surface area contributed by atoms with Crippen LogP contribution in [-0.2, 0) is 14.4 Å². The topological polar surface area (TPSA) is 126 Å². The largest absolute Gasteiger partial charge is 0.477 e. The van der Waals surface area contributed by atoms with Crippen molar-refractivity contribution in [3.8, 4) is 0 Å². The number of carbonyl (C=O) groups is 3. The lowest BCUT2D eigenvalue weighted by Crippen LogP contribution is -2.70. The van der Waals surface area contributed by atoms with E-state index < -0.39 is 35.2 Å². The van der Waals surface area contributed by atoms with Gasteiger partial charge >= 0.3 is 5.97 Å². The van der Waals surface area contributed by atoms with E-state index in [-0.39, 0.29) is 5.70 Å². The molecule has 8 nitrogen and oxygen atoms in total. The molecule has 0 aromatic carbocycles. The molecule has 0 aliphatic carbocycles. The number of thioether (sulfide) groups is 1. The summed E-state index contributed by atoms with van der Waals surface area (Å²) in [5.74, 6) is -1.62. The summed E-state index contributed by atoms with van der Waals surface area (Å²) in [6.07, 6.45) is 3.03. The van der Waals surface area contributed by atoms with Crippen LogP contribution >= 0.6 is 23.1 Å². The van der Waals surface area contributed by atoms with Gasteiger partial charge in [0.1, 0.15) is 28.2 Å². The standard InChI is InChI=1S/C12H12N4O4S2/c13-6(9-14-2-4-21-9)8(17)15-7-10(18)16-5(12(19)20)1-3-22-11(7)16/h1-2,4,6-7,11H,3,13H2,(H,15,17)(H,19,20)/t6?,7?,11-/m0/s1. The van der Waals surface area contributed by atoms with Crippen LogP contribution in [0.15, 0.2) is 23.3 Å². The molecule has 4 N–H and O–H groups in total. The zero-order chi connectivity index (χ0) is 15.9. The molecule has 0 radical (unpaired) electrons. The van der Waals surface area contributed by atoms with Crippen molar-refractivity contribution < 1.29 is 19.5 Å². The number of nitrogens with two attached hydrogens (primary N) is 1. The Kier molecular flexibility index (Phi) is 3.89. The Labute approximate surface area is 133 Å². The molecular weight excluding hydrogens is 328 g/mol. The van der Waals surface area contributed by atoms with Crippen LogP contribution in [0.25, 0.3) is 0 Å². The van der Waals surface area contributed by atoms with Crippen LogP contribution in [0, 0.1) is 0 Å². The van der Waals surface area contributed by atoms with Crippen molar-refractivity contribution in [2.45, 2.75) is 17.5 Å². The molecule has 0 saturated carbocycles. The fourth-order valence-corrected chi connectivity index (χ4v) is 4.11. The number of hydrogen-bond donors (Lipinski definition) is 3. The average Bonchev–Trinajstić information content (AvgIpc) is 3.04. The van der Waals surface area contributed by atoms with E-state index in [9.17, 15) is 14.4 Å². The van der Waals surface area contributed by atoms with E-state index in [1.807, 2.05) is 0 Å². The Morgan fingerprint density at radius 2 is 2.32 bits per heavy atom. The number of β-lactam (4-membered cyclic amide) rings is 1. The number of aromatic nitrogens is 1. The minimum absolute atomic E-state index is 0.0385. The monoisotopic (exact) mass is 340 g/mol. The van der Waals surface area contributed by atoms with E-state index in [4.69, 9.17) is 10.8 Å². The van der Waals surface area contributed by atoms with Crippen molar-refractivity contribution in [1.82, 2.24) is 15.2 Å². The highest BCUT2D eigenvalue weighted by molar-refractivity contribution is 8.00. The van der Waals surface area contributed by atoms with Crippen LogP contribution in [0.5, 0.6) is 0 Å². The molecule has 0 bridgehead atoms.